The van der Waals surface area contributed by atoms with Crippen LogP contribution in [0, 0.1) is 5.41 Å². The molecule has 0 spiro atoms. The quantitative estimate of drug-likeness (QED) is 0.728. The van der Waals surface area contributed by atoms with Crippen molar-refractivity contribution in [1.82, 2.24) is 4.98 Å². The first kappa shape index (κ1) is 12.0. The van der Waals surface area contributed by atoms with Crippen molar-refractivity contribution < 1.29 is 0 Å². The zero-order valence-electron chi connectivity index (χ0n) is 10.2. The summed E-state index contributed by atoms with van der Waals surface area (Å²) >= 11 is 0. The highest BCUT2D eigenvalue weighted by atomic mass is 14.8. The molecule has 1 aromatic rings. The molecule has 84 valence electrons. The van der Waals surface area contributed by atoms with E-state index >= 15 is 0 Å². The van der Waals surface area contributed by atoms with Crippen molar-refractivity contribution in [1.29, 1.82) is 0 Å². The second-order valence-electron chi connectivity index (χ2n) is 5.07. The van der Waals surface area contributed by atoms with E-state index in [4.69, 9.17) is 0 Å². The van der Waals surface area contributed by atoms with Gasteiger partial charge in [0.15, 0.2) is 0 Å². The van der Waals surface area contributed by atoms with E-state index in [-0.39, 0.29) is 5.41 Å². The molecular weight excluding hydrogens is 184 g/mol. The molecule has 15 heavy (non-hydrogen) atoms. The Hall–Kier alpha value is -1.05. The molecular formula is C13H22N2. The zero-order chi connectivity index (χ0) is 11.3. The Morgan fingerprint density at radius 1 is 1.47 bits per heavy atom. The van der Waals surface area contributed by atoms with Crippen molar-refractivity contribution >= 4 is 6.21 Å². The Labute approximate surface area is 92.8 Å². The second kappa shape index (κ2) is 5.15. The number of hydrogen-bond acceptors (Lipinski definition) is 1. The van der Waals surface area contributed by atoms with Crippen molar-refractivity contribution in [2.75, 3.05) is 0 Å². The molecule has 0 aliphatic heterocycles. The van der Waals surface area contributed by atoms with E-state index in [9.17, 15) is 0 Å². The first-order valence-electron chi connectivity index (χ1n) is 5.70. The summed E-state index contributed by atoms with van der Waals surface area (Å²) < 4.78 is 0. The fourth-order valence-corrected chi connectivity index (χ4v) is 1.60. The molecule has 0 saturated carbocycles. The maximum absolute atomic E-state index is 4.67. The number of H-pyrrole nitrogens is 1. The Morgan fingerprint density at radius 3 is 2.67 bits per heavy atom. The summed E-state index contributed by atoms with van der Waals surface area (Å²) in [5.41, 5.74) is 1.33. The normalized spacial score (nSPS) is 14.7. The van der Waals surface area contributed by atoms with Crippen molar-refractivity contribution in [3.8, 4) is 0 Å². The fraction of sp³-hybridized carbons (Fsp3) is 0.615. The maximum Gasteiger partial charge on any atom is 0.0561 e. The molecule has 0 amide bonds. The van der Waals surface area contributed by atoms with Crippen LogP contribution >= 0.6 is 0 Å². The minimum atomic E-state index is 0.249. The summed E-state index contributed by atoms with van der Waals surface area (Å²) in [6.45, 7) is 8.96. The first-order chi connectivity index (χ1) is 7.04. The van der Waals surface area contributed by atoms with E-state index < -0.39 is 0 Å². The van der Waals surface area contributed by atoms with Gasteiger partial charge in [-0.05, 0) is 24.0 Å². The Bertz CT molecular complexity index is 291. The minimum absolute atomic E-state index is 0.249. The minimum Gasteiger partial charge on any atom is -0.360 e. The third-order valence-electron chi connectivity index (χ3n) is 2.58. The van der Waals surface area contributed by atoms with E-state index in [2.05, 4.69) is 37.7 Å². The van der Waals surface area contributed by atoms with Gasteiger partial charge in [0.25, 0.3) is 0 Å². The number of aromatic amines is 1. The highest BCUT2D eigenvalue weighted by molar-refractivity contribution is 5.77. The van der Waals surface area contributed by atoms with Gasteiger partial charge in [-0.25, -0.2) is 0 Å². The summed E-state index contributed by atoms with van der Waals surface area (Å²) in [6, 6.07) is 4.44. The van der Waals surface area contributed by atoms with Crippen molar-refractivity contribution in [2.45, 2.75) is 46.6 Å². The molecule has 0 bridgehead atoms. The Morgan fingerprint density at radius 2 is 2.20 bits per heavy atom. The lowest BCUT2D eigenvalue weighted by Crippen LogP contribution is -2.24. The third-order valence-corrected chi connectivity index (χ3v) is 2.58. The van der Waals surface area contributed by atoms with Crippen molar-refractivity contribution in [3.05, 3.63) is 24.0 Å². The summed E-state index contributed by atoms with van der Waals surface area (Å²) in [5, 5.41) is 0. The van der Waals surface area contributed by atoms with Crippen LogP contribution in [0.1, 0.15) is 46.2 Å². The van der Waals surface area contributed by atoms with Gasteiger partial charge in [0.05, 0.1) is 11.7 Å². The van der Waals surface area contributed by atoms with E-state index in [0.717, 1.165) is 12.1 Å². The SMILES string of the molecule is CCCC(N=Cc1ccc[nH]1)C(C)(C)C. The summed E-state index contributed by atoms with van der Waals surface area (Å²) in [5.74, 6) is 0. The van der Waals surface area contributed by atoms with Crippen LogP contribution in [0.15, 0.2) is 23.3 Å². The van der Waals surface area contributed by atoms with Gasteiger partial charge in [-0.3, -0.25) is 4.99 Å². The summed E-state index contributed by atoms with van der Waals surface area (Å²) in [6.07, 6.45) is 6.21. The van der Waals surface area contributed by atoms with Crippen molar-refractivity contribution in [2.24, 2.45) is 10.4 Å². The lowest BCUT2D eigenvalue weighted by molar-refractivity contribution is 0.307. The van der Waals surface area contributed by atoms with Crippen LogP contribution < -0.4 is 0 Å². The average molecular weight is 206 g/mol. The predicted molar refractivity (Wildman–Crippen MR) is 66.5 cm³/mol. The molecule has 1 unspecified atom stereocenters. The molecule has 1 atom stereocenters. The van der Waals surface area contributed by atoms with Crippen LogP contribution in [0.4, 0.5) is 0 Å². The van der Waals surface area contributed by atoms with Crippen LogP contribution in [0.25, 0.3) is 0 Å². The molecule has 0 saturated heterocycles. The largest absolute Gasteiger partial charge is 0.360 e. The molecule has 0 aliphatic rings. The van der Waals surface area contributed by atoms with Crippen molar-refractivity contribution in [3.63, 3.8) is 0 Å². The highest BCUT2D eigenvalue weighted by Gasteiger charge is 2.22. The number of aliphatic imine (C=N–C) groups is 1. The molecule has 1 heterocycles. The van der Waals surface area contributed by atoms with Gasteiger partial charge in [0, 0.05) is 12.4 Å². The van der Waals surface area contributed by atoms with Crippen LogP contribution in [0.5, 0.6) is 0 Å². The Balaban J connectivity index is 2.66. The van der Waals surface area contributed by atoms with E-state index in [0.29, 0.717) is 6.04 Å². The molecule has 0 radical (unpaired) electrons. The lowest BCUT2D eigenvalue weighted by Gasteiger charge is -2.26. The average Bonchev–Trinajstić information content (AvgIpc) is 2.62. The molecule has 2 nitrogen and oxygen atoms in total. The smallest absolute Gasteiger partial charge is 0.0561 e. The molecule has 0 fully saturated rings. The number of aromatic nitrogens is 1. The standard InChI is InChI=1S/C13H22N2/c1-5-7-12(13(2,3)4)15-10-11-8-6-9-14-11/h6,8-10,12,14H,5,7H2,1-4H3. The van der Waals surface area contributed by atoms with E-state index in [1.165, 1.54) is 6.42 Å². The molecule has 1 N–H and O–H groups in total. The van der Waals surface area contributed by atoms with Gasteiger partial charge in [0.1, 0.15) is 0 Å². The number of nitrogens with one attached hydrogen (secondary N) is 1. The van der Waals surface area contributed by atoms with Gasteiger partial charge < -0.3 is 4.98 Å². The van der Waals surface area contributed by atoms with Gasteiger partial charge in [-0.15, -0.1) is 0 Å². The van der Waals surface area contributed by atoms with Crippen LogP contribution in [-0.4, -0.2) is 17.2 Å². The zero-order valence-corrected chi connectivity index (χ0v) is 10.2. The van der Waals surface area contributed by atoms with Crippen LogP contribution in [-0.2, 0) is 0 Å². The molecule has 1 rings (SSSR count). The molecule has 1 aromatic heterocycles. The van der Waals surface area contributed by atoms with Gasteiger partial charge in [0.2, 0.25) is 0 Å². The first-order valence-corrected chi connectivity index (χ1v) is 5.70. The maximum atomic E-state index is 4.67. The topological polar surface area (TPSA) is 28.1 Å². The number of rotatable bonds is 4. The summed E-state index contributed by atoms with van der Waals surface area (Å²) in [4.78, 5) is 7.81. The van der Waals surface area contributed by atoms with Gasteiger partial charge >= 0.3 is 0 Å². The van der Waals surface area contributed by atoms with Gasteiger partial charge in [-0.2, -0.15) is 0 Å². The van der Waals surface area contributed by atoms with Gasteiger partial charge in [-0.1, -0.05) is 34.1 Å². The number of nitrogens with zero attached hydrogens (tertiary/aromatic N) is 1. The summed E-state index contributed by atoms with van der Waals surface area (Å²) in [7, 11) is 0. The van der Waals surface area contributed by atoms with E-state index in [1.807, 2.05) is 24.5 Å². The predicted octanol–water partition coefficient (Wildman–Crippen LogP) is 3.65. The van der Waals surface area contributed by atoms with E-state index in [1.54, 1.807) is 0 Å². The second-order valence-corrected chi connectivity index (χ2v) is 5.07. The molecule has 2 heteroatoms. The third kappa shape index (κ3) is 3.90. The fourth-order valence-electron chi connectivity index (χ4n) is 1.60. The van der Waals surface area contributed by atoms with Crippen LogP contribution in [0.2, 0.25) is 0 Å². The molecule has 0 aromatic carbocycles. The monoisotopic (exact) mass is 206 g/mol. The number of hydrogen-bond donors (Lipinski definition) is 1. The Kier molecular flexibility index (Phi) is 4.13. The highest BCUT2D eigenvalue weighted by Crippen LogP contribution is 2.25. The molecule has 0 aliphatic carbocycles. The lowest BCUT2D eigenvalue weighted by atomic mass is 9.84. The van der Waals surface area contributed by atoms with Crippen LogP contribution in [0.3, 0.4) is 0 Å².